The van der Waals surface area contributed by atoms with Crippen molar-refractivity contribution in [3.63, 3.8) is 0 Å². The largest absolute Gasteiger partial charge is 0.399 e. The minimum absolute atomic E-state index is 0.810. The molecule has 2 rings (SSSR count). The van der Waals surface area contributed by atoms with Crippen LogP contribution in [-0.2, 0) is 6.54 Å². The number of anilines is 2. The van der Waals surface area contributed by atoms with E-state index >= 15 is 0 Å². The van der Waals surface area contributed by atoms with Gasteiger partial charge in [-0.15, -0.1) is 0 Å². The van der Waals surface area contributed by atoms with E-state index in [-0.39, 0.29) is 0 Å². The summed E-state index contributed by atoms with van der Waals surface area (Å²) in [6.07, 6.45) is 0. The number of nitrogens with two attached hydrogens (primary N) is 1. The van der Waals surface area contributed by atoms with Crippen LogP contribution in [0.25, 0.3) is 0 Å². The maximum atomic E-state index is 5.70. The molecule has 0 unspecified atom stereocenters. The summed E-state index contributed by atoms with van der Waals surface area (Å²) in [5, 5.41) is 0. The van der Waals surface area contributed by atoms with Gasteiger partial charge in [0.2, 0.25) is 0 Å². The third-order valence-electron chi connectivity index (χ3n) is 2.86. The zero-order valence-electron chi connectivity index (χ0n) is 10.1. The minimum atomic E-state index is 0.810. The zero-order valence-corrected chi connectivity index (χ0v) is 10.1. The molecule has 0 heterocycles. The molecule has 0 aliphatic heterocycles. The van der Waals surface area contributed by atoms with Crippen LogP contribution in [0.1, 0.15) is 12.5 Å². The third-order valence-corrected chi connectivity index (χ3v) is 2.86. The molecular weight excluding hydrogens is 208 g/mol. The van der Waals surface area contributed by atoms with Crippen LogP contribution in [0.5, 0.6) is 0 Å². The first-order valence-electron chi connectivity index (χ1n) is 5.94. The van der Waals surface area contributed by atoms with Crippen molar-refractivity contribution in [2.75, 3.05) is 17.2 Å². The highest BCUT2D eigenvalue weighted by atomic mass is 15.1. The molecule has 2 heteroatoms. The lowest BCUT2D eigenvalue weighted by atomic mass is 10.2. The highest BCUT2D eigenvalue weighted by Crippen LogP contribution is 2.18. The molecule has 2 aromatic rings. The van der Waals surface area contributed by atoms with Crippen molar-refractivity contribution in [1.82, 2.24) is 0 Å². The van der Waals surface area contributed by atoms with Gasteiger partial charge in [0.1, 0.15) is 0 Å². The molecular formula is C15H18N2. The van der Waals surface area contributed by atoms with Crippen molar-refractivity contribution in [3.8, 4) is 0 Å². The Morgan fingerprint density at radius 3 is 2.18 bits per heavy atom. The molecule has 2 N–H and O–H groups in total. The summed E-state index contributed by atoms with van der Waals surface area (Å²) in [6.45, 7) is 4.08. The summed E-state index contributed by atoms with van der Waals surface area (Å²) in [5.74, 6) is 0. The molecule has 0 saturated heterocycles. The van der Waals surface area contributed by atoms with Crippen molar-refractivity contribution in [2.24, 2.45) is 0 Å². The van der Waals surface area contributed by atoms with Crippen LogP contribution in [0.3, 0.4) is 0 Å². The van der Waals surface area contributed by atoms with E-state index in [0.717, 1.165) is 18.8 Å². The zero-order chi connectivity index (χ0) is 12.1. The molecule has 88 valence electrons. The standard InChI is InChI=1S/C15H18N2/c1-2-17(12-13-6-4-3-5-7-13)15-10-8-14(16)9-11-15/h3-11H,2,12,16H2,1H3. The van der Waals surface area contributed by atoms with E-state index in [0.29, 0.717) is 0 Å². The van der Waals surface area contributed by atoms with Gasteiger partial charge in [-0.25, -0.2) is 0 Å². The van der Waals surface area contributed by atoms with Crippen molar-refractivity contribution >= 4 is 11.4 Å². The lowest BCUT2D eigenvalue weighted by molar-refractivity contribution is 0.832. The summed E-state index contributed by atoms with van der Waals surface area (Å²) in [6, 6.07) is 18.5. The predicted molar refractivity (Wildman–Crippen MR) is 74.0 cm³/mol. The van der Waals surface area contributed by atoms with Crippen LogP contribution >= 0.6 is 0 Å². The maximum absolute atomic E-state index is 5.70. The number of hydrogen-bond donors (Lipinski definition) is 1. The molecule has 17 heavy (non-hydrogen) atoms. The van der Waals surface area contributed by atoms with Gasteiger partial charge in [-0.1, -0.05) is 30.3 Å². The quantitative estimate of drug-likeness (QED) is 0.810. The van der Waals surface area contributed by atoms with Crippen LogP contribution < -0.4 is 10.6 Å². The van der Waals surface area contributed by atoms with Crippen molar-refractivity contribution in [1.29, 1.82) is 0 Å². The molecule has 0 bridgehead atoms. The number of rotatable bonds is 4. The van der Waals surface area contributed by atoms with E-state index < -0.39 is 0 Å². The fourth-order valence-electron chi connectivity index (χ4n) is 1.87. The van der Waals surface area contributed by atoms with Gasteiger partial charge in [-0.3, -0.25) is 0 Å². The molecule has 0 atom stereocenters. The second-order valence-corrected chi connectivity index (χ2v) is 4.09. The molecule has 0 amide bonds. The smallest absolute Gasteiger partial charge is 0.0429 e. The van der Waals surface area contributed by atoms with Gasteiger partial charge in [-0.05, 0) is 36.8 Å². The Balaban J connectivity index is 2.14. The van der Waals surface area contributed by atoms with Crippen molar-refractivity contribution in [3.05, 3.63) is 60.2 Å². The molecule has 2 aromatic carbocycles. The van der Waals surface area contributed by atoms with E-state index in [1.165, 1.54) is 11.3 Å². The van der Waals surface area contributed by atoms with E-state index in [1.807, 2.05) is 18.2 Å². The number of benzene rings is 2. The monoisotopic (exact) mass is 226 g/mol. The molecule has 0 spiro atoms. The normalized spacial score (nSPS) is 10.2. The molecule has 0 fully saturated rings. The SMILES string of the molecule is CCN(Cc1ccccc1)c1ccc(N)cc1. The third kappa shape index (κ3) is 3.00. The Hall–Kier alpha value is -1.96. The van der Waals surface area contributed by atoms with Gasteiger partial charge in [0, 0.05) is 24.5 Å². The summed E-state index contributed by atoms with van der Waals surface area (Å²) < 4.78 is 0. The first-order chi connectivity index (χ1) is 8.29. The Labute approximate surface area is 103 Å². The predicted octanol–water partition coefficient (Wildman–Crippen LogP) is 3.30. The molecule has 0 saturated carbocycles. The van der Waals surface area contributed by atoms with E-state index in [4.69, 9.17) is 5.73 Å². The van der Waals surface area contributed by atoms with Gasteiger partial charge in [-0.2, -0.15) is 0 Å². The Kier molecular flexibility index (Phi) is 3.66. The van der Waals surface area contributed by atoms with E-state index in [9.17, 15) is 0 Å². The average molecular weight is 226 g/mol. The number of hydrogen-bond acceptors (Lipinski definition) is 2. The minimum Gasteiger partial charge on any atom is -0.399 e. The van der Waals surface area contributed by atoms with Gasteiger partial charge in [0.05, 0.1) is 0 Å². The fraction of sp³-hybridized carbons (Fsp3) is 0.200. The second kappa shape index (κ2) is 5.39. The lowest BCUT2D eigenvalue weighted by Gasteiger charge is -2.23. The highest BCUT2D eigenvalue weighted by Gasteiger charge is 2.04. The summed E-state index contributed by atoms with van der Waals surface area (Å²) >= 11 is 0. The van der Waals surface area contributed by atoms with Crippen LogP contribution in [0.2, 0.25) is 0 Å². The van der Waals surface area contributed by atoms with Crippen LogP contribution in [0, 0.1) is 0 Å². The topological polar surface area (TPSA) is 29.3 Å². The van der Waals surface area contributed by atoms with Crippen LogP contribution in [-0.4, -0.2) is 6.54 Å². The van der Waals surface area contributed by atoms with Gasteiger partial charge in [0.15, 0.2) is 0 Å². The van der Waals surface area contributed by atoms with E-state index in [1.54, 1.807) is 0 Å². The molecule has 0 radical (unpaired) electrons. The van der Waals surface area contributed by atoms with Gasteiger partial charge < -0.3 is 10.6 Å². The van der Waals surface area contributed by atoms with Crippen LogP contribution in [0.4, 0.5) is 11.4 Å². The highest BCUT2D eigenvalue weighted by molar-refractivity contribution is 5.53. The lowest BCUT2D eigenvalue weighted by Crippen LogP contribution is -2.21. The maximum Gasteiger partial charge on any atom is 0.0429 e. The Morgan fingerprint density at radius 1 is 0.941 bits per heavy atom. The fourth-order valence-corrected chi connectivity index (χ4v) is 1.87. The Morgan fingerprint density at radius 2 is 1.59 bits per heavy atom. The molecule has 2 nitrogen and oxygen atoms in total. The number of nitrogens with zero attached hydrogens (tertiary/aromatic N) is 1. The van der Waals surface area contributed by atoms with Crippen molar-refractivity contribution < 1.29 is 0 Å². The number of nitrogen functional groups attached to an aromatic ring is 1. The van der Waals surface area contributed by atoms with Gasteiger partial charge in [0.25, 0.3) is 0 Å². The molecule has 0 aliphatic rings. The van der Waals surface area contributed by atoms with Crippen LogP contribution in [0.15, 0.2) is 54.6 Å². The van der Waals surface area contributed by atoms with Crippen molar-refractivity contribution in [2.45, 2.75) is 13.5 Å². The van der Waals surface area contributed by atoms with Gasteiger partial charge >= 0.3 is 0 Å². The average Bonchev–Trinajstić information content (AvgIpc) is 2.38. The summed E-state index contributed by atoms with van der Waals surface area (Å²) in [5.41, 5.74) is 9.05. The molecule has 0 aromatic heterocycles. The Bertz CT molecular complexity index is 448. The van der Waals surface area contributed by atoms with E-state index in [2.05, 4.69) is 48.2 Å². The molecule has 0 aliphatic carbocycles. The summed E-state index contributed by atoms with van der Waals surface area (Å²) in [7, 11) is 0. The first kappa shape index (κ1) is 11.5. The first-order valence-corrected chi connectivity index (χ1v) is 5.94. The second-order valence-electron chi connectivity index (χ2n) is 4.09. The summed E-state index contributed by atoms with van der Waals surface area (Å²) in [4.78, 5) is 2.33.